The van der Waals surface area contributed by atoms with Gasteiger partial charge in [-0.25, -0.2) is 4.39 Å². The third-order valence-corrected chi connectivity index (χ3v) is 2.79. The minimum Gasteiger partial charge on any atom is -0.321 e. The molecule has 0 unspecified atom stereocenters. The molecule has 1 fully saturated rings. The SMILES string of the molecule is CCc1cc(C2(N)CC2)ccc1F. The number of halogens is 1. The Balaban J connectivity index is 2.39. The van der Waals surface area contributed by atoms with Crippen LogP contribution in [0.5, 0.6) is 0 Å². The molecule has 0 spiro atoms. The molecule has 0 heterocycles. The van der Waals surface area contributed by atoms with Crippen molar-refractivity contribution in [2.24, 2.45) is 5.73 Å². The van der Waals surface area contributed by atoms with Crippen molar-refractivity contribution in [1.29, 1.82) is 0 Å². The van der Waals surface area contributed by atoms with Crippen LogP contribution in [0.3, 0.4) is 0 Å². The molecule has 13 heavy (non-hydrogen) atoms. The van der Waals surface area contributed by atoms with E-state index in [1.807, 2.05) is 19.1 Å². The molecular formula is C11H14FN. The molecule has 0 aromatic heterocycles. The number of rotatable bonds is 2. The molecule has 2 heteroatoms. The van der Waals surface area contributed by atoms with Gasteiger partial charge in [0.1, 0.15) is 5.82 Å². The van der Waals surface area contributed by atoms with Crippen LogP contribution in [0, 0.1) is 5.82 Å². The minimum absolute atomic E-state index is 0.115. The molecule has 2 rings (SSSR count). The van der Waals surface area contributed by atoms with Crippen LogP contribution in [0.1, 0.15) is 30.9 Å². The van der Waals surface area contributed by atoms with E-state index in [1.165, 1.54) is 6.07 Å². The zero-order valence-corrected chi connectivity index (χ0v) is 7.81. The number of aryl methyl sites for hydroxylation is 1. The van der Waals surface area contributed by atoms with E-state index in [0.29, 0.717) is 0 Å². The Kier molecular flexibility index (Phi) is 1.88. The van der Waals surface area contributed by atoms with Gasteiger partial charge in [-0.2, -0.15) is 0 Å². The molecular weight excluding hydrogens is 165 g/mol. The van der Waals surface area contributed by atoms with Gasteiger partial charge in [-0.15, -0.1) is 0 Å². The first-order valence-electron chi connectivity index (χ1n) is 4.73. The maximum Gasteiger partial charge on any atom is 0.126 e. The molecule has 0 saturated heterocycles. The summed E-state index contributed by atoms with van der Waals surface area (Å²) in [6, 6.07) is 5.24. The number of hydrogen-bond donors (Lipinski definition) is 1. The Hall–Kier alpha value is -0.890. The topological polar surface area (TPSA) is 26.0 Å². The smallest absolute Gasteiger partial charge is 0.126 e. The second-order valence-electron chi connectivity index (χ2n) is 3.82. The highest BCUT2D eigenvalue weighted by molar-refractivity contribution is 5.34. The van der Waals surface area contributed by atoms with Crippen molar-refractivity contribution in [2.75, 3.05) is 0 Å². The predicted octanol–water partition coefficient (Wildman–Crippen LogP) is 2.34. The molecule has 1 nitrogen and oxygen atoms in total. The zero-order chi connectivity index (χ0) is 9.47. The summed E-state index contributed by atoms with van der Waals surface area (Å²) in [5, 5.41) is 0. The van der Waals surface area contributed by atoms with Crippen LogP contribution >= 0.6 is 0 Å². The summed E-state index contributed by atoms with van der Waals surface area (Å²) >= 11 is 0. The third kappa shape index (κ3) is 1.46. The molecule has 0 radical (unpaired) electrons. The van der Waals surface area contributed by atoms with Crippen molar-refractivity contribution in [1.82, 2.24) is 0 Å². The van der Waals surface area contributed by atoms with Gasteiger partial charge >= 0.3 is 0 Å². The van der Waals surface area contributed by atoms with Crippen molar-refractivity contribution >= 4 is 0 Å². The van der Waals surface area contributed by atoms with Crippen molar-refractivity contribution in [3.05, 3.63) is 35.1 Å². The van der Waals surface area contributed by atoms with E-state index in [2.05, 4.69) is 0 Å². The van der Waals surface area contributed by atoms with E-state index >= 15 is 0 Å². The quantitative estimate of drug-likeness (QED) is 0.740. The van der Waals surface area contributed by atoms with Crippen LogP contribution in [-0.4, -0.2) is 0 Å². The van der Waals surface area contributed by atoms with Crippen molar-refractivity contribution in [3.8, 4) is 0 Å². The molecule has 1 aliphatic rings. The Bertz CT molecular complexity index is 329. The monoisotopic (exact) mass is 179 g/mol. The molecule has 70 valence electrons. The summed E-state index contributed by atoms with van der Waals surface area (Å²) in [6.07, 6.45) is 2.79. The Morgan fingerprint density at radius 3 is 2.69 bits per heavy atom. The lowest BCUT2D eigenvalue weighted by atomic mass is 10.0. The molecule has 2 N–H and O–H groups in total. The minimum atomic E-state index is -0.141. The van der Waals surface area contributed by atoms with E-state index in [-0.39, 0.29) is 11.4 Å². The maximum atomic E-state index is 13.1. The standard InChI is InChI=1S/C11H14FN/c1-2-8-7-9(3-4-10(8)12)11(13)5-6-11/h3-4,7H,2,5-6,13H2,1H3. The Labute approximate surface area is 77.8 Å². The highest BCUT2D eigenvalue weighted by Crippen LogP contribution is 2.42. The molecule has 0 aliphatic heterocycles. The van der Waals surface area contributed by atoms with Gasteiger partial charge in [0.25, 0.3) is 0 Å². The number of benzene rings is 1. The molecule has 0 amide bonds. The van der Waals surface area contributed by atoms with Gasteiger partial charge in [0.05, 0.1) is 0 Å². The summed E-state index contributed by atoms with van der Waals surface area (Å²) in [5.41, 5.74) is 7.74. The second kappa shape index (κ2) is 2.81. The molecule has 1 saturated carbocycles. The summed E-state index contributed by atoms with van der Waals surface area (Å²) in [7, 11) is 0. The molecule has 0 atom stereocenters. The van der Waals surface area contributed by atoms with Crippen molar-refractivity contribution in [2.45, 2.75) is 31.7 Å². The lowest BCUT2D eigenvalue weighted by molar-refractivity contribution is 0.608. The Morgan fingerprint density at radius 2 is 2.15 bits per heavy atom. The normalized spacial score (nSPS) is 18.7. The lowest BCUT2D eigenvalue weighted by Gasteiger charge is -2.10. The van der Waals surface area contributed by atoms with Gasteiger partial charge in [-0.05, 0) is 36.5 Å². The number of nitrogens with two attached hydrogens (primary N) is 1. The van der Waals surface area contributed by atoms with E-state index in [9.17, 15) is 4.39 Å². The van der Waals surface area contributed by atoms with Crippen LogP contribution in [-0.2, 0) is 12.0 Å². The highest BCUT2D eigenvalue weighted by atomic mass is 19.1. The fraction of sp³-hybridized carbons (Fsp3) is 0.455. The summed E-state index contributed by atoms with van der Waals surface area (Å²) < 4.78 is 13.1. The van der Waals surface area contributed by atoms with Gasteiger partial charge in [-0.3, -0.25) is 0 Å². The second-order valence-corrected chi connectivity index (χ2v) is 3.82. The van der Waals surface area contributed by atoms with E-state index < -0.39 is 0 Å². The molecule has 1 aromatic carbocycles. The third-order valence-electron chi connectivity index (χ3n) is 2.79. The summed E-state index contributed by atoms with van der Waals surface area (Å²) in [4.78, 5) is 0. The van der Waals surface area contributed by atoms with E-state index in [0.717, 1.165) is 30.4 Å². The fourth-order valence-electron chi connectivity index (χ4n) is 1.58. The average molecular weight is 179 g/mol. The number of hydrogen-bond acceptors (Lipinski definition) is 1. The average Bonchev–Trinajstić information content (AvgIpc) is 2.86. The van der Waals surface area contributed by atoms with Crippen LogP contribution in [0.15, 0.2) is 18.2 Å². The fourth-order valence-corrected chi connectivity index (χ4v) is 1.58. The molecule has 0 bridgehead atoms. The van der Waals surface area contributed by atoms with Gasteiger partial charge in [0.15, 0.2) is 0 Å². The first-order valence-corrected chi connectivity index (χ1v) is 4.73. The van der Waals surface area contributed by atoms with Crippen LogP contribution in [0.4, 0.5) is 4.39 Å². The van der Waals surface area contributed by atoms with E-state index in [4.69, 9.17) is 5.73 Å². The van der Waals surface area contributed by atoms with Gasteiger partial charge in [-0.1, -0.05) is 19.1 Å². The van der Waals surface area contributed by atoms with Crippen LogP contribution in [0.2, 0.25) is 0 Å². The van der Waals surface area contributed by atoms with Crippen molar-refractivity contribution in [3.63, 3.8) is 0 Å². The van der Waals surface area contributed by atoms with Crippen molar-refractivity contribution < 1.29 is 4.39 Å². The van der Waals surface area contributed by atoms with Gasteiger partial charge < -0.3 is 5.73 Å². The van der Waals surface area contributed by atoms with Gasteiger partial charge in [0.2, 0.25) is 0 Å². The zero-order valence-electron chi connectivity index (χ0n) is 7.81. The van der Waals surface area contributed by atoms with Crippen LogP contribution in [0.25, 0.3) is 0 Å². The van der Waals surface area contributed by atoms with E-state index in [1.54, 1.807) is 0 Å². The first-order chi connectivity index (χ1) is 6.15. The van der Waals surface area contributed by atoms with Crippen LogP contribution < -0.4 is 5.73 Å². The maximum absolute atomic E-state index is 13.1. The first kappa shape index (κ1) is 8.70. The molecule has 1 aromatic rings. The Morgan fingerprint density at radius 1 is 1.46 bits per heavy atom. The summed E-state index contributed by atoms with van der Waals surface area (Å²) in [5.74, 6) is -0.115. The summed E-state index contributed by atoms with van der Waals surface area (Å²) in [6.45, 7) is 1.96. The van der Waals surface area contributed by atoms with Gasteiger partial charge in [0, 0.05) is 5.54 Å². The highest BCUT2D eigenvalue weighted by Gasteiger charge is 2.40. The lowest BCUT2D eigenvalue weighted by Crippen LogP contribution is -2.18. The predicted molar refractivity (Wildman–Crippen MR) is 50.9 cm³/mol. The molecule has 1 aliphatic carbocycles. The largest absolute Gasteiger partial charge is 0.321 e.